The summed E-state index contributed by atoms with van der Waals surface area (Å²) in [7, 11) is 0. The van der Waals surface area contributed by atoms with E-state index < -0.39 is 13.0 Å². The average Bonchev–Trinajstić information content (AvgIpc) is 2.68. The molecule has 0 saturated heterocycles. The molecule has 0 amide bonds. The second-order valence-corrected chi connectivity index (χ2v) is 4.08. The van der Waals surface area contributed by atoms with Gasteiger partial charge in [-0.1, -0.05) is 0 Å². The third-order valence-electron chi connectivity index (χ3n) is 1.83. The monoisotopic (exact) mass is 303 g/mol. The molecular formula is C9H8BrF2N5. The van der Waals surface area contributed by atoms with E-state index >= 15 is 0 Å². The highest BCUT2D eigenvalue weighted by atomic mass is 79.9. The Bertz CT molecular complexity index is 484. The van der Waals surface area contributed by atoms with Crippen LogP contribution in [0, 0.1) is 0 Å². The van der Waals surface area contributed by atoms with Crippen LogP contribution in [0.5, 0.6) is 0 Å². The standard InChI is InChI=1S/C9H8BrF2N5/c10-6-3-13-9(14-4-6)15-8-1-2-17(16-8)5-7(11)12/h1-4,7H,5H2,(H,13,14,15,16). The molecule has 2 heterocycles. The third kappa shape index (κ3) is 3.45. The largest absolute Gasteiger partial charge is 0.307 e. The Balaban J connectivity index is 2.03. The molecule has 0 spiro atoms. The Kier molecular flexibility index (Phi) is 3.62. The number of rotatable bonds is 4. The van der Waals surface area contributed by atoms with E-state index in [9.17, 15) is 8.78 Å². The lowest BCUT2D eigenvalue weighted by molar-refractivity contribution is 0.122. The SMILES string of the molecule is FC(F)Cn1ccc(Nc2ncc(Br)cn2)n1. The summed E-state index contributed by atoms with van der Waals surface area (Å²) in [6, 6.07) is 1.58. The van der Waals surface area contributed by atoms with E-state index in [-0.39, 0.29) is 0 Å². The smallest absolute Gasteiger partial charge is 0.257 e. The number of hydrogen-bond acceptors (Lipinski definition) is 4. The maximum atomic E-state index is 12.1. The molecule has 2 aromatic heterocycles. The number of halogens is 3. The fourth-order valence-corrected chi connectivity index (χ4v) is 1.37. The van der Waals surface area contributed by atoms with Gasteiger partial charge in [0.15, 0.2) is 5.82 Å². The Labute approximate surface area is 104 Å². The highest BCUT2D eigenvalue weighted by Crippen LogP contribution is 2.12. The summed E-state index contributed by atoms with van der Waals surface area (Å²) in [6.07, 6.45) is 2.19. The van der Waals surface area contributed by atoms with E-state index in [4.69, 9.17) is 0 Å². The van der Waals surface area contributed by atoms with Gasteiger partial charge < -0.3 is 5.32 Å². The zero-order valence-corrected chi connectivity index (χ0v) is 10.1. The lowest BCUT2D eigenvalue weighted by Gasteiger charge is -2.01. The van der Waals surface area contributed by atoms with Crippen LogP contribution in [0.1, 0.15) is 0 Å². The van der Waals surface area contributed by atoms with Crippen LogP contribution in [-0.2, 0) is 6.54 Å². The Hall–Kier alpha value is -1.57. The number of alkyl halides is 2. The molecule has 2 rings (SSSR count). The molecule has 0 aliphatic heterocycles. The molecular weight excluding hydrogens is 296 g/mol. The Morgan fingerprint density at radius 2 is 2.06 bits per heavy atom. The van der Waals surface area contributed by atoms with Gasteiger partial charge in [-0.25, -0.2) is 18.7 Å². The van der Waals surface area contributed by atoms with Crippen LogP contribution in [0.2, 0.25) is 0 Å². The number of nitrogens with zero attached hydrogens (tertiary/aromatic N) is 4. The molecule has 0 aliphatic carbocycles. The van der Waals surface area contributed by atoms with Crippen LogP contribution in [0.15, 0.2) is 29.1 Å². The van der Waals surface area contributed by atoms with E-state index in [0.717, 1.165) is 9.15 Å². The van der Waals surface area contributed by atoms with Gasteiger partial charge in [0.2, 0.25) is 5.95 Å². The molecule has 0 aliphatic rings. The lowest BCUT2D eigenvalue weighted by atomic mass is 10.6. The average molecular weight is 304 g/mol. The molecule has 17 heavy (non-hydrogen) atoms. The van der Waals surface area contributed by atoms with Crippen molar-refractivity contribution in [1.82, 2.24) is 19.7 Å². The van der Waals surface area contributed by atoms with E-state index in [1.807, 2.05) is 0 Å². The van der Waals surface area contributed by atoms with Crippen LogP contribution >= 0.6 is 15.9 Å². The summed E-state index contributed by atoms with van der Waals surface area (Å²) in [6.45, 7) is -0.428. The number of aromatic nitrogens is 4. The van der Waals surface area contributed by atoms with E-state index in [1.54, 1.807) is 18.5 Å². The van der Waals surface area contributed by atoms with Crippen molar-refractivity contribution < 1.29 is 8.78 Å². The zero-order chi connectivity index (χ0) is 12.3. The van der Waals surface area contributed by atoms with Crippen LogP contribution in [0.4, 0.5) is 20.5 Å². The van der Waals surface area contributed by atoms with Gasteiger partial charge in [0.1, 0.15) is 6.54 Å². The van der Waals surface area contributed by atoms with Crippen LogP contribution in [0.25, 0.3) is 0 Å². The molecule has 0 unspecified atom stereocenters. The summed E-state index contributed by atoms with van der Waals surface area (Å²) >= 11 is 3.21. The van der Waals surface area contributed by atoms with Crippen molar-refractivity contribution >= 4 is 27.7 Å². The van der Waals surface area contributed by atoms with Crippen molar-refractivity contribution in [3.63, 3.8) is 0 Å². The fourth-order valence-electron chi connectivity index (χ4n) is 1.16. The van der Waals surface area contributed by atoms with Crippen molar-refractivity contribution in [2.24, 2.45) is 0 Å². The molecule has 1 N–H and O–H groups in total. The Morgan fingerprint density at radius 1 is 1.35 bits per heavy atom. The van der Waals surface area contributed by atoms with E-state index in [1.165, 1.54) is 6.20 Å². The number of hydrogen-bond donors (Lipinski definition) is 1. The maximum absolute atomic E-state index is 12.1. The first-order valence-corrected chi connectivity index (χ1v) is 5.49. The molecule has 0 radical (unpaired) electrons. The van der Waals surface area contributed by atoms with Crippen LogP contribution in [-0.4, -0.2) is 26.2 Å². The first-order chi connectivity index (χ1) is 8.13. The highest BCUT2D eigenvalue weighted by molar-refractivity contribution is 9.10. The minimum Gasteiger partial charge on any atom is -0.307 e. The van der Waals surface area contributed by atoms with E-state index in [0.29, 0.717) is 11.8 Å². The van der Waals surface area contributed by atoms with Crippen molar-refractivity contribution in [3.05, 3.63) is 29.1 Å². The first-order valence-electron chi connectivity index (χ1n) is 4.69. The first kappa shape index (κ1) is 11.9. The summed E-state index contributed by atoms with van der Waals surface area (Å²) in [5, 5.41) is 6.71. The summed E-state index contributed by atoms with van der Waals surface area (Å²) < 4.78 is 26.1. The van der Waals surface area contributed by atoms with Gasteiger partial charge in [-0.2, -0.15) is 5.10 Å². The molecule has 0 aromatic carbocycles. The summed E-state index contributed by atoms with van der Waals surface area (Å²) in [5.74, 6) is 0.781. The van der Waals surface area contributed by atoms with Gasteiger partial charge in [0.05, 0.1) is 4.47 Å². The third-order valence-corrected chi connectivity index (χ3v) is 2.24. The minimum atomic E-state index is -2.42. The second-order valence-electron chi connectivity index (χ2n) is 3.16. The van der Waals surface area contributed by atoms with Gasteiger partial charge in [0.25, 0.3) is 6.43 Å². The van der Waals surface area contributed by atoms with Crippen LogP contribution < -0.4 is 5.32 Å². The Morgan fingerprint density at radius 3 is 2.71 bits per heavy atom. The molecule has 5 nitrogen and oxygen atoms in total. The molecule has 0 fully saturated rings. The van der Waals surface area contributed by atoms with Crippen molar-refractivity contribution in [1.29, 1.82) is 0 Å². The zero-order valence-electron chi connectivity index (χ0n) is 8.52. The fraction of sp³-hybridized carbons (Fsp3) is 0.222. The second kappa shape index (κ2) is 5.17. The molecule has 90 valence electrons. The number of anilines is 2. The van der Waals surface area contributed by atoms with Crippen molar-refractivity contribution in [2.45, 2.75) is 13.0 Å². The topological polar surface area (TPSA) is 55.6 Å². The van der Waals surface area contributed by atoms with Gasteiger partial charge in [-0.3, -0.25) is 4.68 Å². The summed E-state index contributed by atoms with van der Waals surface area (Å²) in [5.41, 5.74) is 0. The lowest BCUT2D eigenvalue weighted by Crippen LogP contribution is -2.07. The van der Waals surface area contributed by atoms with Gasteiger partial charge in [-0.05, 0) is 15.9 Å². The molecule has 0 bridgehead atoms. The minimum absolute atomic E-state index is 0.357. The van der Waals surface area contributed by atoms with Crippen LogP contribution in [0.3, 0.4) is 0 Å². The van der Waals surface area contributed by atoms with Gasteiger partial charge in [0, 0.05) is 24.7 Å². The number of nitrogens with one attached hydrogen (secondary N) is 1. The quantitative estimate of drug-likeness (QED) is 0.942. The maximum Gasteiger partial charge on any atom is 0.257 e. The summed E-state index contributed by atoms with van der Waals surface area (Å²) in [4.78, 5) is 7.95. The van der Waals surface area contributed by atoms with Gasteiger partial charge in [-0.15, -0.1) is 0 Å². The van der Waals surface area contributed by atoms with E-state index in [2.05, 4.69) is 36.3 Å². The van der Waals surface area contributed by atoms with Crippen molar-refractivity contribution in [3.8, 4) is 0 Å². The molecule has 2 aromatic rings. The molecule has 0 atom stereocenters. The molecule has 0 saturated carbocycles. The molecule has 8 heteroatoms. The predicted molar refractivity (Wildman–Crippen MR) is 61.2 cm³/mol. The van der Waals surface area contributed by atoms with Crippen molar-refractivity contribution in [2.75, 3.05) is 5.32 Å². The van der Waals surface area contributed by atoms with Gasteiger partial charge >= 0.3 is 0 Å². The highest BCUT2D eigenvalue weighted by Gasteiger charge is 2.06. The predicted octanol–water partition coefficient (Wildman–Crippen LogP) is 2.44. The normalized spacial score (nSPS) is 10.8.